The fourth-order valence-corrected chi connectivity index (χ4v) is 3.03. The molecule has 0 saturated heterocycles. The second kappa shape index (κ2) is 6.25. The molecule has 134 valence electrons. The molecule has 0 spiro atoms. The lowest BCUT2D eigenvalue weighted by Gasteiger charge is -2.27. The predicted octanol–water partition coefficient (Wildman–Crippen LogP) is 2.79. The van der Waals surface area contributed by atoms with E-state index < -0.39 is 6.04 Å². The van der Waals surface area contributed by atoms with Crippen LogP contribution >= 0.6 is 0 Å². The number of nitrogens with one attached hydrogen (secondary N) is 3. The first kappa shape index (κ1) is 16.3. The number of hydrogen-bond acceptors (Lipinski definition) is 5. The number of carbonyl (C=O) groups excluding carboxylic acids is 2. The van der Waals surface area contributed by atoms with Gasteiger partial charge in [0.1, 0.15) is 6.04 Å². The van der Waals surface area contributed by atoms with Crippen molar-refractivity contribution in [2.24, 2.45) is 0 Å². The first-order valence-electron chi connectivity index (χ1n) is 8.38. The maximum Gasteiger partial charge on any atom is 0.247 e. The molecule has 2 aliphatic rings. The van der Waals surface area contributed by atoms with Crippen molar-refractivity contribution in [1.29, 1.82) is 0 Å². The Hall–Kier alpha value is -3.22. The van der Waals surface area contributed by atoms with Gasteiger partial charge in [-0.05, 0) is 49.2 Å². The number of aryl methyl sites for hydroxylation is 2. The molecule has 4 rings (SSSR count). The zero-order chi connectivity index (χ0) is 18.3. The fourth-order valence-electron chi connectivity index (χ4n) is 3.03. The summed E-state index contributed by atoms with van der Waals surface area (Å²) in [6.07, 6.45) is 0.0205. The van der Waals surface area contributed by atoms with E-state index in [2.05, 4.69) is 16.0 Å². The Morgan fingerprint density at radius 3 is 2.65 bits per heavy atom. The summed E-state index contributed by atoms with van der Waals surface area (Å²) in [5.74, 6) is 0.764. The highest BCUT2D eigenvalue weighted by Gasteiger charge is 2.28. The molecule has 0 aromatic heterocycles. The molecule has 2 aromatic carbocycles. The third-order valence-electron chi connectivity index (χ3n) is 4.58. The van der Waals surface area contributed by atoms with Crippen LogP contribution in [0, 0.1) is 13.8 Å². The summed E-state index contributed by atoms with van der Waals surface area (Å²) in [7, 11) is 0. The topological polar surface area (TPSA) is 88.7 Å². The number of fused-ring (bicyclic) bond motifs is 2. The van der Waals surface area contributed by atoms with Crippen LogP contribution in [0.5, 0.6) is 11.5 Å². The molecule has 0 unspecified atom stereocenters. The Labute approximate surface area is 150 Å². The number of rotatable bonds is 3. The second-order valence-electron chi connectivity index (χ2n) is 6.49. The Morgan fingerprint density at radius 2 is 1.85 bits per heavy atom. The van der Waals surface area contributed by atoms with Crippen molar-refractivity contribution in [3.05, 3.63) is 41.5 Å². The number of ether oxygens (including phenoxy) is 2. The summed E-state index contributed by atoms with van der Waals surface area (Å²) in [5, 5.41) is 8.81. The van der Waals surface area contributed by atoms with Crippen molar-refractivity contribution in [2.75, 3.05) is 22.7 Å². The van der Waals surface area contributed by atoms with Gasteiger partial charge in [0.15, 0.2) is 11.5 Å². The number of hydrogen-bond donors (Lipinski definition) is 3. The van der Waals surface area contributed by atoms with E-state index in [4.69, 9.17) is 9.47 Å². The van der Waals surface area contributed by atoms with Gasteiger partial charge in [0.25, 0.3) is 0 Å². The summed E-state index contributed by atoms with van der Waals surface area (Å²) < 4.78 is 10.5. The Morgan fingerprint density at radius 1 is 1.12 bits per heavy atom. The molecule has 7 nitrogen and oxygen atoms in total. The smallest absolute Gasteiger partial charge is 0.247 e. The lowest BCUT2D eigenvalue weighted by atomic mass is 10.0. The number of amides is 2. The number of anilines is 3. The van der Waals surface area contributed by atoms with Crippen molar-refractivity contribution in [2.45, 2.75) is 26.3 Å². The van der Waals surface area contributed by atoms with Crippen molar-refractivity contribution < 1.29 is 19.1 Å². The van der Waals surface area contributed by atoms with Crippen molar-refractivity contribution >= 4 is 28.9 Å². The lowest BCUT2D eigenvalue weighted by molar-refractivity contribution is -0.122. The van der Waals surface area contributed by atoms with E-state index in [-0.39, 0.29) is 25.0 Å². The average Bonchev–Trinajstić information content (AvgIpc) is 3.05. The molecular formula is C19H19N3O4. The van der Waals surface area contributed by atoms with Crippen LogP contribution in [0.2, 0.25) is 0 Å². The minimum absolute atomic E-state index is 0.0205. The molecule has 2 heterocycles. The number of carbonyl (C=O) groups is 2. The summed E-state index contributed by atoms with van der Waals surface area (Å²) in [6, 6.07) is 8.46. The first-order chi connectivity index (χ1) is 12.5. The van der Waals surface area contributed by atoms with E-state index in [1.807, 2.05) is 26.0 Å². The SMILES string of the molecule is Cc1cc2c(cc1C)N[C@@H](CC(=O)Nc1ccc3c(c1)OCO3)C(=O)N2. The summed E-state index contributed by atoms with van der Waals surface area (Å²) in [4.78, 5) is 24.7. The van der Waals surface area contributed by atoms with Crippen LogP contribution in [0.1, 0.15) is 17.5 Å². The fraction of sp³-hybridized carbons (Fsp3) is 0.263. The highest BCUT2D eigenvalue weighted by atomic mass is 16.7. The molecule has 0 fully saturated rings. The molecule has 0 aliphatic carbocycles. The molecule has 2 amide bonds. The van der Waals surface area contributed by atoms with Crippen molar-refractivity contribution in [1.82, 2.24) is 0 Å². The van der Waals surface area contributed by atoms with Gasteiger partial charge in [0, 0.05) is 11.8 Å². The van der Waals surface area contributed by atoms with Gasteiger partial charge in [0.2, 0.25) is 18.6 Å². The van der Waals surface area contributed by atoms with Gasteiger partial charge in [0.05, 0.1) is 17.8 Å². The molecular weight excluding hydrogens is 334 g/mol. The third-order valence-corrected chi connectivity index (χ3v) is 4.58. The van der Waals surface area contributed by atoms with E-state index in [9.17, 15) is 9.59 Å². The van der Waals surface area contributed by atoms with E-state index >= 15 is 0 Å². The van der Waals surface area contributed by atoms with Gasteiger partial charge in [-0.2, -0.15) is 0 Å². The minimum atomic E-state index is -0.626. The van der Waals surface area contributed by atoms with Gasteiger partial charge < -0.3 is 25.4 Å². The standard InChI is InChI=1S/C19H19N3O4/c1-10-5-13-14(6-11(10)2)22-19(24)15(21-13)8-18(23)20-12-3-4-16-17(7-12)26-9-25-16/h3-7,15,21H,8-9H2,1-2H3,(H,20,23)(H,22,24)/t15-/m0/s1. The summed E-state index contributed by atoms with van der Waals surface area (Å²) in [6.45, 7) is 4.18. The van der Waals surface area contributed by atoms with Crippen LogP contribution in [-0.4, -0.2) is 24.6 Å². The Balaban J connectivity index is 1.44. The normalized spacial score (nSPS) is 17.2. The van der Waals surface area contributed by atoms with Crippen LogP contribution in [0.15, 0.2) is 30.3 Å². The van der Waals surface area contributed by atoms with Crippen molar-refractivity contribution in [3.63, 3.8) is 0 Å². The van der Waals surface area contributed by atoms with Crippen LogP contribution in [0.4, 0.5) is 17.1 Å². The van der Waals surface area contributed by atoms with Gasteiger partial charge in [-0.25, -0.2) is 0 Å². The van der Waals surface area contributed by atoms with E-state index in [0.29, 0.717) is 17.2 Å². The van der Waals surface area contributed by atoms with Gasteiger partial charge in [-0.3, -0.25) is 9.59 Å². The molecule has 7 heteroatoms. The zero-order valence-electron chi connectivity index (χ0n) is 14.5. The maximum absolute atomic E-state index is 12.4. The zero-order valence-corrected chi connectivity index (χ0v) is 14.5. The number of benzene rings is 2. The Kier molecular flexibility index (Phi) is 3.91. The van der Waals surface area contributed by atoms with Crippen LogP contribution < -0.4 is 25.4 Å². The summed E-state index contributed by atoms with van der Waals surface area (Å²) >= 11 is 0. The highest BCUT2D eigenvalue weighted by Crippen LogP contribution is 2.34. The lowest BCUT2D eigenvalue weighted by Crippen LogP contribution is -2.41. The second-order valence-corrected chi connectivity index (χ2v) is 6.49. The molecule has 3 N–H and O–H groups in total. The molecule has 0 radical (unpaired) electrons. The average molecular weight is 353 g/mol. The van der Waals surface area contributed by atoms with Gasteiger partial charge in [-0.1, -0.05) is 0 Å². The van der Waals surface area contributed by atoms with E-state index in [1.54, 1.807) is 18.2 Å². The minimum Gasteiger partial charge on any atom is -0.454 e. The van der Waals surface area contributed by atoms with Crippen LogP contribution in [-0.2, 0) is 9.59 Å². The van der Waals surface area contributed by atoms with Crippen molar-refractivity contribution in [3.8, 4) is 11.5 Å². The molecule has 0 bridgehead atoms. The molecule has 1 atom stereocenters. The van der Waals surface area contributed by atoms with Crippen LogP contribution in [0.3, 0.4) is 0 Å². The monoisotopic (exact) mass is 353 g/mol. The summed E-state index contributed by atoms with van der Waals surface area (Å²) in [5.41, 5.74) is 4.39. The molecule has 2 aliphatic heterocycles. The van der Waals surface area contributed by atoms with Crippen LogP contribution in [0.25, 0.3) is 0 Å². The quantitative estimate of drug-likeness (QED) is 0.790. The molecule has 26 heavy (non-hydrogen) atoms. The third kappa shape index (κ3) is 3.03. The largest absolute Gasteiger partial charge is 0.454 e. The molecule has 2 aromatic rings. The van der Waals surface area contributed by atoms with Gasteiger partial charge in [-0.15, -0.1) is 0 Å². The van der Waals surface area contributed by atoms with E-state index in [0.717, 1.165) is 22.5 Å². The maximum atomic E-state index is 12.4. The predicted molar refractivity (Wildman–Crippen MR) is 97.8 cm³/mol. The van der Waals surface area contributed by atoms with E-state index in [1.165, 1.54) is 0 Å². The highest BCUT2D eigenvalue weighted by molar-refractivity contribution is 6.06. The Bertz CT molecular complexity index is 910. The first-order valence-corrected chi connectivity index (χ1v) is 8.38. The molecule has 0 saturated carbocycles. The van der Waals surface area contributed by atoms with Gasteiger partial charge >= 0.3 is 0 Å².